The zero-order chi connectivity index (χ0) is 46.2. The Kier molecular flexibility index (Phi) is 9.96. The molecule has 0 atom stereocenters. The first-order valence-electron chi connectivity index (χ1n) is 24.2. The molecule has 4 heteroatoms. The van der Waals surface area contributed by atoms with Crippen molar-refractivity contribution in [1.29, 1.82) is 0 Å². The molecule has 0 bridgehead atoms. The number of nitrogens with zero attached hydrogens (tertiary/aromatic N) is 2. The van der Waals surface area contributed by atoms with Gasteiger partial charge in [0.1, 0.15) is 5.58 Å². The minimum Gasteiger partial charge on any atom is -0.454 e. The smallest absolute Gasteiger partial charge is 0.159 e. The molecule has 0 saturated carbocycles. The third-order valence-corrected chi connectivity index (χ3v) is 16.8. The number of anilines is 6. The van der Waals surface area contributed by atoms with Crippen LogP contribution >= 0.6 is 11.6 Å². The minimum absolute atomic E-state index is 0.0181. The van der Waals surface area contributed by atoms with Gasteiger partial charge in [0.05, 0.1) is 5.69 Å². The van der Waals surface area contributed by atoms with E-state index in [9.17, 15) is 0 Å². The molecule has 0 amide bonds. The maximum absolute atomic E-state index is 7.53. The summed E-state index contributed by atoms with van der Waals surface area (Å²) in [6.45, 7) is 31.3. The Morgan fingerprint density at radius 3 is 1.38 bits per heavy atom. The van der Waals surface area contributed by atoms with Gasteiger partial charge in [-0.05, 0) is 178 Å². The fraction of sp³-hybridized carbons (Fsp3) is 0.410. The molecule has 0 N–H and O–H groups in total. The van der Waals surface area contributed by atoms with Crippen molar-refractivity contribution in [3.63, 3.8) is 0 Å². The second-order valence-corrected chi connectivity index (χ2v) is 24.5. The standard InChI is InChI=1S/C61H69ClN2O/c1-38-31-48-51(61(12,13)30-29-58(48,6)7)37-53(38)64(52-19-16-18-45-44-17-14-15-20-54(44)65-55(45)52)43-33-39(62)32-42(34-43)63(40-21-23-46-49(35-40)59(8,9)27-25-56(46,2)3)41-22-24-47-50(36-41)60(10,11)28-26-57(47,4)5/h14-24,31-37H,25-30H2,1-13H3. The highest BCUT2D eigenvalue weighted by Crippen LogP contribution is 2.54. The molecule has 65 heavy (non-hydrogen) atoms. The topological polar surface area (TPSA) is 19.6 Å². The number of halogens is 1. The van der Waals surface area contributed by atoms with Gasteiger partial charge in [-0.25, -0.2) is 0 Å². The van der Waals surface area contributed by atoms with Crippen LogP contribution in [0.5, 0.6) is 0 Å². The number of hydrogen-bond acceptors (Lipinski definition) is 3. The van der Waals surface area contributed by atoms with Crippen LogP contribution in [0.4, 0.5) is 34.1 Å². The number of fused-ring (bicyclic) bond motifs is 6. The molecular formula is C61H69ClN2O. The molecule has 1 heterocycles. The third-order valence-electron chi connectivity index (χ3n) is 16.6. The first kappa shape index (κ1) is 43.9. The van der Waals surface area contributed by atoms with Crippen LogP contribution in [-0.2, 0) is 32.5 Å². The molecule has 0 saturated heterocycles. The summed E-state index contributed by atoms with van der Waals surface area (Å²) in [5, 5.41) is 2.90. The van der Waals surface area contributed by atoms with Gasteiger partial charge in [-0.2, -0.15) is 0 Å². The average Bonchev–Trinajstić information content (AvgIpc) is 3.63. The lowest BCUT2D eigenvalue weighted by atomic mass is 9.63. The lowest BCUT2D eigenvalue weighted by Crippen LogP contribution is -2.34. The zero-order valence-corrected chi connectivity index (χ0v) is 42.1. The zero-order valence-electron chi connectivity index (χ0n) is 41.3. The normalized spacial score (nSPS) is 19.6. The molecule has 6 aromatic carbocycles. The van der Waals surface area contributed by atoms with Gasteiger partial charge < -0.3 is 14.2 Å². The van der Waals surface area contributed by atoms with Crippen molar-refractivity contribution in [1.82, 2.24) is 0 Å². The molecule has 0 spiro atoms. The van der Waals surface area contributed by atoms with Crippen LogP contribution in [0.1, 0.15) is 161 Å². The molecule has 1 aromatic heterocycles. The fourth-order valence-corrected chi connectivity index (χ4v) is 12.2. The predicted molar refractivity (Wildman–Crippen MR) is 279 cm³/mol. The molecule has 0 unspecified atom stereocenters. The summed E-state index contributed by atoms with van der Waals surface area (Å²) >= 11 is 7.53. The van der Waals surface area contributed by atoms with E-state index < -0.39 is 0 Å². The van der Waals surface area contributed by atoms with E-state index in [0.29, 0.717) is 5.02 Å². The number of benzene rings is 6. The Balaban J connectivity index is 1.25. The minimum atomic E-state index is 0.0181. The highest BCUT2D eigenvalue weighted by atomic mass is 35.5. The lowest BCUT2D eigenvalue weighted by Gasteiger charge is -2.43. The van der Waals surface area contributed by atoms with E-state index in [-0.39, 0.29) is 32.5 Å². The first-order valence-corrected chi connectivity index (χ1v) is 24.6. The molecule has 3 aliphatic carbocycles. The SMILES string of the molecule is Cc1cc2c(cc1N(c1cc(Cl)cc(N(c3ccc4c(c3)C(C)(C)CCC4(C)C)c3ccc4c(c3)C(C)(C)CCC4(C)C)c1)c1cccc3c1oc1ccccc13)C(C)(C)CCC2(C)C. The maximum Gasteiger partial charge on any atom is 0.159 e. The summed E-state index contributed by atoms with van der Waals surface area (Å²) in [5.74, 6) is 0. The van der Waals surface area contributed by atoms with E-state index in [1.165, 1.54) is 51.8 Å². The van der Waals surface area contributed by atoms with Crippen molar-refractivity contribution >= 4 is 67.7 Å². The largest absolute Gasteiger partial charge is 0.454 e. The molecule has 3 nitrogen and oxygen atoms in total. The molecule has 0 aliphatic heterocycles. The Labute approximate surface area is 394 Å². The third kappa shape index (κ3) is 7.22. The van der Waals surface area contributed by atoms with Gasteiger partial charge >= 0.3 is 0 Å². The number of para-hydroxylation sites is 2. The number of aryl methyl sites for hydroxylation is 1. The summed E-state index contributed by atoms with van der Waals surface area (Å²) < 4.78 is 6.87. The summed E-state index contributed by atoms with van der Waals surface area (Å²) in [4.78, 5) is 4.92. The summed E-state index contributed by atoms with van der Waals surface area (Å²) in [6, 6.07) is 41.2. The molecule has 10 rings (SSSR count). The predicted octanol–water partition coefficient (Wildman–Crippen LogP) is 18.5. The Morgan fingerprint density at radius 2 is 0.846 bits per heavy atom. The highest BCUT2D eigenvalue weighted by Gasteiger charge is 2.41. The van der Waals surface area contributed by atoms with E-state index in [1.807, 2.05) is 0 Å². The molecule has 0 fully saturated rings. The molecule has 7 aromatic rings. The van der Waals surface area contributed by atoms with Crippen LogP contribution in [0.3, 0.4) is 0 Å². The van der Waals surface area contributed by atoms with Crippen molar-refractivity contribution in [2.75, 3.05) is 9.80 Å². The van der Waals surface area contributed by atoms with Crippen LogP contribution in [0.15, 0.2) is 114 Å². The van der Waals surface area contributed by atoms with Crippen molar-refractivity contribution in [2.45, 2.75) is 161 Å². The Hall–Kier alpha value is -4.99. The van der Waals surface area contributed by atoms with Gasteiger partial charge in [-0.3, -0.25) is 0 Å². The summed E-state index contributed by atoms with van der Waals surface area (Å²) in [5.41, 5.74) is 18.4. The van der Waals surface area contributed by atoms with Crippen LogP contribution in [-0.4, -0.2) is 0 Å². The van der Waals surface area contributed by atoms with Crippen LogP contribution < -0.4 is 9.80 Å². The molecule has 3 aliphatic rings. The quantitative estimate of drug-likeness (QED) is 0.166. The Morgan fingerprint density at radius 1 is 0.400 bits per heavy atom. The van der Waals surface area contributed by atoms with E-state index in [0.717, 1.165) is 81.7 Å². The molecule has 0 radical (unpaired) electrons. The average molecular weight is 882 g/mol. The summed E-state index contributed by atoms with van der Waals surface area (Å²) in [7, 11) is 0. The van der Waals surface area contributed by atoms with Crippen molar-refractivity contribution in [3.05, 3.63) is 153 Å². The van der Waals surface area contributed by atoms with Gasteiger partial charge in [0.2, 0.25) is 0 Å². The van der Waals surface area contributed by atoms with E-state index in [2.05, 4.69) is 209 Å². The Bertz CT molecular complexity index is 2970. The van der Waals surface area contributed by atoms with Gasteiger partial charge in [0.25, 0.3) is 0 Å². The fourth-order valence-electron chi connectivity index (χ4n) is 12.0. The maximum atomic E-state index is 7.53. The van der Waals surface area contributed by atoms with Crippen LogP contribution in [0, 0.1) is 6.92 Å². The second-order valence-electron chi connectivity index (χ2n) is 24.0. The van der Waals surface area contributed by atoms with Crippen molar-refractivity contribution in [3.8, 4) is 0 Å². The van der Waals surface area contributed by atoms with Crippen molar-refractivity contribution in [2.24, 2.45) is 0 Å². The molecule has 336 valence electrons. The van der Waals surface area contributed by atoms with Gasteiger partial charge in [-0.1, -0.05) is 143 Å². The number of rotatable bonds is 6. The van der Waals surface area contributed by atoms with Crippen molar-refractivity contribution < 1.29 is 4.42 Å². The van der Waals surface area contributed by atoms with Gasteiger partial charge in [0.15, 0.2) is 5.58 Å². The molecular weight excluding hydrogens is 812 g/mol. The highest BCUT2D eigenvalue weighted by molar-refractivity contribution is 6.31. The monoisotopic (exact) mass is 881 g/mol. The van der Waals surface area contributed by atoms with E-state index >= 15 is 0 Å². The van der Waals surface area contributed by atoms with E-state index in [4.69, 9.17) is 16.0 Å². The van der Waals surface area contributed by atoms with Crippen LogP contribution in [0.2, 0.25) is 5.02 Å². The first-order chi connectivity index (χ1) is 30.5. The van der Waals surface area contributed by atoms with Gasteiger partial charge in [0, 0.05) is 44.2 Å². The summed E-state index contributed by atoms with van der Waals surface area (Å²) in [6.07, 6.45) is 6.94. The number of furan rings is 1. The lowest BCUT2D eigenvalue weighted by molar-refractivity contribution is 0.332. The number of hydrogen-bond donors (Lipinski definition) is 0. The second kappa shape index (κ2) is 14.8. The van der Waals surface area contributed by atoms with E-state index in [1.54, 1.807) is 0 Å². The van der Waals surface area contributed by atoms with Gasteiger partial charge in [-0.15, -0.1) is 0 Å². The van der Waals surface area contributed by atoms with Crippen LogP contribution in [0.25, 0.3) is 21.9 Å².